The van der Waals surface area contributed by atoms with Crippen LogP contribution >= 0.6 is 0 Å². The predicted octanol–water partition coefficient (Wildman–Crippen LogP) is 2.58. The van der Waals surface area contributed by atoms with Crippen molar-refractivity contribution in [3.05, 3.63) is 36.5 Å². The van der Waals surface area contributed by atoms with E-state index in [4.69, 9.17) is 4.42 Å². The summed E-state index contributed by atoms with van der Waals surface area (Å²) < 4.78 is 34.2. The van der Waals surface area contributed by atoms with Crippen molar-refractivity contribution in [2.75, 3.05) is 6.54 Å². The molecule has 114 valence electrons. The van der Waals surface area contributed by atoms with E-state index >= 15 is 0 Å². The maximum absolute atomic E-state index is 12.8. The van der Waals surface area contributed by atoms with Crippen LogP contribution in [0.15, 0.2) is 40.1 Å². The van der Waals surface area contributed by atoms with Gasteiger partial charge in [0.15, 0.2) is 0 Å². The Kier molecular flexibility index (Phi) is 3.62. The van der Waals surface area contributed by atoms with Gasteiger partial charge in [0, 0.05) is 18.8 Å². The highest BCUT2D eigenvalue weighted by atomic mass is 32.2. The van der Waals surface area contributed by atoms with Gasteiger partial charge in [0.25, 0.3) is 0 Å². The molecule has 1 aliphatic rings. The number of nitrogens with zero attached hydrogens (tertiary/aromatic N) is 3. The topological polar surface area (TPSA) is 68.3 Å². The molecule has 6 nitrogen and oxygen atoms in total. The summed E-state index contributed by atoms with van der Waals surface area (Å²) in [6.45, 7) is 4.44. The lowest BCUT2D eigenvalue weighted by Gasteiger charge is -2.21. The van der Waals surface area contributed by atoms with Gasteiger partial charge in [-0.3, -0.25) is 4.68 Å². The van der Waals surface area contributed by atoms with Gasteiger partial charge >= 0.3 is 0 Å². The van der Waals surface area contributed by atoms with Crippen LogP contribution in [0.4, 0.5) is 0 Å². The van der Waals surface area contributed by atoms with Crippen molar-refractivity contribution in [1.29, 1.82) is 0 Å². The molecule has 2 aromatic rings. The van der Waals surface area contributed by atoms with Gasteiger partial charge in [0.1, 0.15) is 10.7 Å². The van der Waals surface area contributed by atoms with Crippen LogP contribution < -0.4 is 0 Å². The van der Waals surface area contributed by atoms with Gasteiger partial charge in [-0.15, -0.1) is 0 Å². The van der Waals surface area contributed by atoms with Crippen LogP contribution in [0.25, 0.3) is 0 Å². The second-order valence-electron chi connectivity index (χ2n) is 5.54. The fourth-order valence-corrected chi connectivity index (χ4v) is 4.27. The zero-order valence-corrected chi connectivity index (χ0v) is 13.0. The summed E-state index contributed by atoms with van der Waals surface area (Å²) in [7, 11) is -3.54. The average molecular weight is 309 g/mol. The Morgan fingerprint density at radius 3 is 2.86 bits per heavy atom. The van der Waals surface area contributed by atoms with Gasteiger partial charge in [-0.25, -0.2) is 8.42 Å². The van der Waals surface area contributed by atoms with Crippen LogP contribution in [0.5, 0.6) is 0 Å². The van der Waals surface area contributed by atoms with E-state index in [2.05, 4.69) is 5.10 Å². The Morgan fingerprint density at radius 2 is 2.24 bits per heavy atom. The molecule has 0 bridgehead atoms. The molecule has 0 unspecified atom stereocenters. The first kappa shape index (κ1) is 14.3. The monoisotopic (exact) mass is 309 g/mol. The molecular weight excluding hydrogens is 290 g/mol. The zero-order valence-electron chi connectivity index (χ0n) is 12.1. The number of rotatable bonds is 4. The highest BCUT2D eigenvalue weighted by Crippen LogP contribution is 2.36. The molecule has 1 fully saturated rings. The molecule has 1 atom stereocenters. The average Bonchev–Trinajstić information content (AvgIpc) is 3.19. The molecular formula is C14H19N3O3S. The summed E-state index contributed by atoms with van der Waals surface area (Å²) >= 11 is 0. The third-order valence-corrected chi connectivity index (χ3v) is 5.65. The van der Waals surface area contributed by atoms with Crippen LogP contribution in [0.1, 0.15) is 44.5 Å². The molecule has 0 saturated carbocycles. The number of aromatic nitrogens is 2. The summed E-state index contributed by atoms with van der Waals surface area (Å²) in [5.41, 5.74) is 0. The van der Waals surface area contributed by atoms with Crippen molar-refractivity contribution in [3.8, 4) is 0 Å². The smallest absolute Gasteiger partial charge is 0.246 e. The maximum atomic E-state index is 12.8. The molecule has 2 aromatic heterocycles. The first-order chi connectivity index (χ1) is 10.00. The van der Waals surface area contributed by atoms with Crippen LogP contribution in [-0.2, 0) is 10.0 Å². The Labute approximate surface area is 124 Å². The lowest BCUT2D eigenvalue weighted by atomic mass is 10.2. The van der Waals surface area contributed by atoms with Crippen LogP contribution in [0, 0.1) is 0 Å². The zero-order chi connectivity index (χ0) is 15.0. The van der Waals surface area contributed by atoms with Crippen molar-refractivity contribution < 1.29 is 12.8 Å². The first-order valence-electron chi connectivity index (χ1n) is 7.09. The van der Waals surface area contributed by atoms with E-state index in [1.54, 1.807) is 23.2 Å². The molecule has 0 aromatic carbocycles. The third-order valence-electron chi connectivity index (χ3n) is 3.79. The van der Waals surface area contributed by atoms with Crippen molar-refractivity contribution >= 4 is 10.0 Å². The van der Waals surface area contributed by atoms with Gasteiger partial charge in [0.2, 0.25) is 10.0 Å². The van der Waals surface area contributed by atoms with Crippen molar-refractivity contribution in [2.45, 2.75) is 43.7 Å². The summed E-state index contributed by atoms with van der Waals surface area (Å²) in [5, 5.41) is 4.13. The Bertz CT molecular complexity index is 704. The van der Waals surface area contributed by atoms with E-state index in [-0.39, 0.29) is 17.0 Å². The van der Waals surface area contributed by atoms with Crippen molar-refractivity contribution in [2.24, 2.45) is 0 Å². The molecule has 1 aliphatic heterocycles. The third kappa shape index (κ3) is 2.51. The van der Waals surface area contributed by atoms with Crippen LogP contribution in [0.3, 0.4) is 0 Å². The lowest BCUT2D eigenvalue weighted by Crippen LogP contribution is -2.30. The van der Waals surface area contributed by atoms with Gasteiger partial charge in [-0.2, -0.15) is 9.40 Å². The van der Waals surface area contributed by atoms with Gasteiger partial charge in [0.05, 0.1) is 18.5 Å². The first-order valence-corrected chi connectivity index (χ1v) is 8.53. The van der Waals surface area contributed by atoms with Gasteiger partial charge in [-0.1, -0.05) is 0 Å². The molecule has 3 rings (SSSR count). The quantitative estimate of drug-likeness (QED) is 0.870. The second-order valence-corrected chi connectivity index (χ2v) is 7.43. The molecule has 0 aliphatic carbocycles. The molecule has 0 N–H and O–H groups in total. The van der Waals surface area contributed by atoms with E-state index in [1.165, 1.54) is 10.5 Å². The predicted molar refractivity (Wildman–Crippen MR) is 77.2 cm³/mol. The SMILES string of the molecule is CC(C)n1cc(S(=O)(=O)N2CCC[C@H]2c2ccco2)cn1. The van der Waals surface area contributed by atoms with Crippen molar-refractivity contribution in [1.82, 2.24) is 14.1 Å². The maximum Gasteiger partial charge on any atom is 0.246 e. The summed E-state index contributed by atoms with van der Waals surface area (Å²) in [6.07, 6.45) is 6.22. The highest BCUT2D eigenvalue weighted by molar-refractivity contribution is 7.89. The van der Waals surface area contributed by atoms with E-state index in [0.29, 0.717) is 12.3 Å². The highest BCUT2D eigenvalue weighted by Gasteiger charge is 2.38. The normalized spacial score (nSPS) is 20.4. The standard InChI is InChI=1S/C14H19N3O3S/c1-11(2)16-10-12(9-15-16)21(18,19)17-7-3-5-13(17)14-6-4-8-20-14/h4,6,8-11,13H,3,5,7H2,1-2H3/t13-/m0/s1. The molecule has 7 heteroatoms. The summed E-state index contributed by atoms with van der Waals surface area (Å²) in [4.78, 5) is 0.245. The van der Waals surface area contributed by atoms with E-state index in [1.807, 2.05) is 19.9 Å². The summed E-state index contributed by atoms with van der Waals surface area (Å²) in [6, 6.07) is 3.53. The van der Waals surface area contributed by atoms with Crippen LogP contribution in [-0.4, -0.2) is 29.0 Å². The molecule has 0 amide bonds. The fourth-order valence-electron chi connectivity index (χ4n) is 2.66. The minimum absolute atomic E-state index is 0.133. The minimum Gasteiger partial charge on any atom is -0.468 e. The number of hydrogen-bond acceptors (Lipinski definition) is 4. The largest absolute Gasteiger partial charge is 0.468 e. The Morgan fingerprint density at radius 1 is 1.43 bits per heavy atom. The summed E-state index contributed by atoms with van der Waals surface area (Å²) in [5.74, 6) is 0.701. The number of hydrogen-bond donors (Lipinski definition) is 0. The van der Waals surface area contributed by atoms with E-state index < -0.39 is 10.0 Å². The van der Waals surface area contributed by atoms with Gasteiger partial charge in [-0.05, 0) is 38.8 Å². The second kappa shape index (κ2) is 5.31. The molecule has 1 saturated heterocycles. The molecule has 3 heterocycles. The molecule has 0 radical (unpaired) electrons. The Hall–Kier alpha value is -1.60. The lowest BCUT2D eigenvalue weighted by molar-refractivity contribution is 0.339. The fraction of sp³-hybridized carbons (Fsp3) is 0.500. The minimum atomic E-state index is -3.54. The van der Waals surface area contributed by atoms with E-state index in [0.717, 1.165) is 12.8 Å². The van der Waals surface area contributed by atoms with E-state index in [9.17, 15) is 8.42 Å². The number of furan rings is 1. The Balaban J connectivity index is 1.93. The van der Waals surface area contributed by atoms with Crippen LogP contribution in [0.2, 0.25) is 0 Å². The molecule has 21 heavy (non-hydrogen) atoms. The van der Waals surface area contributed by atoms with Crippen molar-refractivity contribution in [3.63, 3.8) is 0 Å². The van der Waals surface area contributed by atoms with Gasteiger partial charge < -0.3 is 4.42 Å². The number of sulfonamides is 1. The molecule has 0 spiro atoms.